The minimum absolute atomic E-state index is 0.0636. The van der Waals surface area contributed by atoms with Gasteiger partial charge in [-0.1, -0.05) is 46.6 Å². The average molecular weight is 406 g/mol. The number of halogens is 2. The molecule has 1 heterocycles. The first-order valence-corrected chi connectivity index (χ1v) is 8.37. The van der Waals surface area contributed by atoms with Crippen molar-refractivity contribution in [1.82, 2.24) is 14.8 Å². The zero-order valence-electron chi connectivity index (χ0n) is 13.6. The molecule has 0 bridgehead atoms. The van der Waals surface area contributed by atoms with Crippen molar-refractivity contribution in [2.75, 3.05) is 0 Å². The van der Waals surface area contributed by atoms with Gasteiger partial charge < -0.3 is 10.9 Å². The summed E-state index contributed by atoms with van der Waals surface area (Å²) in [5.74, 6) is -0.694. The van der Waals surface area contributed by atoms with E-state index in [2.05, 4.69) is 15.2 Å². The molecule has 1 atom stereocenters. The molecule has 0 amide bonds. The second kappa shape index (κ2) is 7.65. The predicted octanol–water partition coefficient (Wildman–Crippen LogP) is 2.11. The fourth-order valence-corrected chi connectivity index (χ4v) is 3.05. The number of hydrogen-bond acceptors (Lipinski definition) is 5. The number of oxime groups is 1. The molecule has 4 N–H and O–H groups in total. The Hall–Kier alpha value is -3.10. The standard InChI is InChI=1S/C17H13Cl2N5O3/c18-10-3-1-9(2-4-10)15(16(20)23-27)12-6-5-11(7-13(12)19)24-17(26)22-14(25)8-21-24/h1-8,15,27H,(H2,20,23)(H,22,25,26). The number of hydrogen-bond donors (Lipinski definition) is 3. The van der Waals surface area contributed by atoms with E-state index in [4.69, 9.17) is 28.9 Å². The van der Waals surface area contributed by atoms with E-state index in [0.29, 0.717) is 21.8 Å². The van der Waals surface area contributed by atoms with E-state index >= 15 is 0 Å². The third-order valence-corrected chi connectivity index (χ3v) is 4.45. The first-order valence-electron chi connectivity index (χ1n) is 7.62. The highest BCUT2D eigenvalue weighted by molar-refractivity contribution is 6.32. The highest BCUT2D eigenvalue weighted by Crippen LogP contribution is 2.32. The number of rotatable bonds is 4. The van der Waals surface area contributed by atoms with E-state index in [1.165, 1.54) is 6.07 Å². The summed E-state index contributed by atoms with van der Waals surface area (Å²) in [6.07, 6.45) is 0.982. The van der Waals surface area contributed by atoms with Gasteiger partial charge in [-0.3, -0.25) is 9.78 Å². The van der Waals surface area contributed by atoms with Crippen LogP contribution in [0, 0.1) is 0 Å². The largest absolute Gasteiger partial charge is 0.409 e. The van der Waals surface area contributed by atoms with Crippen LogP contribution in [-0.2, 0) is 0 Å². The number of H-pyrrole nitrogens is 1. The lowest BCUT2D eigenvalue weighted by atomic mass is 9.90. The van der Waals surface area contributed by atoms with Gasteiger partial charge in [0, 0.05) is 10.0 Å². The van der Waals surface area contributed by atoms with Crippen molar-refractivity contribution in [3.8, 4) is 5.69 Å². The van der Waals surface area contributed by atoms with E-state index in [0.717, 1.165) is 10.9 Å². The maximum atomic E-state index is 11.9. The third-order valence-electron chi connectivity index (χ3n) is 3.87. The van der Waals surface area contributed by atoms with Gasteiger partial charge in [0.2, 0.25) is 0 Å². The maximum Gasteiger partial charge on any atom is 0.349 e. The number of benzene rings is 2. The fraction of sp³-hybridized carbons (Fsp3) is 0.0588. The first kappa shape index (κ1) is 18.7. The van der Waals surface area contributed by atoms with Crippen LogP contribution in [0.1, 0.15) is 17.0 Å². The number of nitrogens with one attached hydrogen (secondary N) is 1. The summed E-state index contributed by atoms with van der Waals surface area (Å²) in [4.78, 5) is 25.2. The maximum absolute atomic E-state index is 11.9. The lowest BCUT2D eigenvalue weighted by molar-refractivity contribution is 0.316. The van der Waals surface area contributed by atoms with E-state index < -0.39 is 17.2 Å². The van der Waals surface area contributed by atoms with E-state index in [1.54, 1.807) is 36.4 Å². The molecule has 8 nitrogen and oxygen atoms in total. The second-order valence-corrected chi connectivity index (χ2v) is 6.41. The quantitative estimate of drug-likeness (QED) is 0.265. The van der Waals surface area contributed by atoms with Gasteiger partial charge in [-0.05, 0) is 35.4 Å². The second-order valence-electron chi connectivity index (χ2n) is 5.57. The summed E-state index contributed by atoms with van der Waals surface area (Å²) in [5, 5.41) is 16.9. The number of aromatic amines is 1. The van der Waals surface area contributed by atoms with Crippen molar-refractivity contribution in [3.63, 3.8) is 0 Å². The van der Waals surface area contributed by atoms with Gasteiger partial charge in [-0.25, -0.2) is 4.79 Å². The SMILES string of the molecule is N/C(=N\O)C(c1ccc(Cl)cc1)c1ccc(-n2ncc(=O)[nH]c2=O)cc1Cl. The van der Waals surface area contributed by atoms with Crippen LogP contribution in [0.5, 0.6) is 0 Å². The summed E-state index contributed by atoms with van der Waals surface area (Å²) >= 11 is 12.3. The Morgan fingerprint density at radius 3 is 2.48 bits per heavy atom. The van der Waals surface area contributed by atoms with Gasteiger partial charge in [0.25, 0.3) is 5.56 Å². The van der Waals surface area contributed by atoms with Crippen LogP contribution >= 0.6 is 23.2 Å². The van der Waals surface area contributed by atoms with Crippen LogP contribution in [0.25, 0.3) is 5.69 Å². The summed E-state index contributed by atoms with van der Waals surface area (Å²) < 4.78 is 0.998. The Labute approximate surface area is 162 Å². The zero-order valence-corrected chi connectivity index (χ0v) is 15.1. The molecular formula is C17H13Cl2N5O3. The molecule has 138 valence electrons. The molecular weight excluding hydrogens is 393 g/mol. The molecule has 2 aromatic carbocycles. The van der Waals surface area contributed by atoms with Gasteiger partial charge in [0.15, 0.2) is 5.84 Å². The Kier molecular flexibility index (Phi) is 5.29. The summed E-state index contributed by atoms with van der Waals surface area (Å²) in [6.45, 7) is 0. The Bertz CT molecular complexity index is 1120. The Morgan fingerprint density at radius 1 is 1.19 bits per heavy atom. The molecule has 0 saturated heterocycles. The van der Waals surface area contributed by atoms with Crippen LogP contribution in [0.15, 0.2) is 63.4 Å². The molecule has 3 rings (SSSR count). The molecule has 0 aliphatic carbocycles. The smallest absolute Gasteiger partial charge is 0.349 e. The van der Waals surface area contributed by atoms with Gasteiger partial charge >= 0.3 is 5.69 Å². The Balaban J connectivity index is 2.10. The molecule has 0 aliphatic rings. The Morgan fingerprint density at radius 2 is 1.89 bits per heavy atom. The summed E-state index contributed by atoms with van der Waals surface area (Å²) in [5.41, 5.74) is 6.19. The molecule has 27 heavy (non-hydrogen) atoms. The van der Waals surface area contributed by atoms with Gasteiger partial charge in [0.1, 0.15) is 6.20 Å². The first-order chi connectivity index (χ1) is 12.9. The highest BCUT2D eigenvalue weighted by Gasteiger charge is 2.22. The van der Waals surface area contributed by atoms with Crippen molar-refractivity contribution in [2.24, 2.45) is 10.9 Å². The lowest BCUT2D eigenvalue weighted by Crippen LogP contribution is -2.30. The molecule has 1 unspecified atom stereocenters. The van der Waals surface area contributed by atoms with Crippen LogP contribution < -0.4 is 17.0 Å². The predicted molar refractivity (Wildman–Crippen MR) is 102 cm³/mol. The number of nitrogens with two attached hydrogens (primary N) is 1. The van der Waals surface area contributed by atoms with Crippen molar-refractivity contribution < 1.29 is 5.21 Å². The summed E-state index contributed by atoms with van der Waals surface area (Å²) in [7, 11) is 0. The minimum atomic E-state index is -0.697. The van der Waals surface area contributed by atoms with Crippen molar-refractivity contribution >= 4 is 29.0 Å². The molecule has 0 aliphatic heterocycles. The third kappa shape index (κ3) is 3.86. The molecule has 1 aromatic heterocycles. The molecule has 10 heteroatoms. The van der Waals surface area contributed by atoms with E-state index in [1.807, 2.05) is 0 Å². The molecule has 3 aromatic rings. The monoisotopic (exact) mass is 405 g/mol. The molecule has 0 saturated carbocycles. The number of amidine groups is 1. The van der Waals surface area contributed by atoms with Crippen LogP contribution in [0.4, 0.5) is 0 Å². The highest BCUT2D eigenvalue weighted by atomic mass is 35.5. The molecule has 0 spiro atoms. The van der Waals surface area contributed by atoms with Crippen molar-refractivity contribution in [2.45, 2.75) is 5.92 Å². The van der Waals surface area contributed by atoms with Crippen LogP contribution in [-0.4, -0.2) is 25.8 Å². The van der Waals surface area contributed by atoms with Gasteiger partial charge in [-0.2, -0.15) is 9.78 Å². The summed E-state index contributed by atoms with van der Waals surface area (Å²) in [6, 6.07) is 11.6. The lowest BCUT2D eigenvalue weighted by Gasteiger charge is -2.18. The normalized spacial score (nSPS) is 12.7. The van der Waals surface area contributed by atoms with E-state index in [-0.39, 0.29) is 10.9 Å². The van der Waals surface area contributed by atoms with Gasteiger partial charge in [0.05, 0.1) is 11.6 Å². The topological polar surface area (TPSA) is 126 Å². The molecule has 0 radical (unpaired) electrons. The van der Waals surface area contributed by atoms with Crippen LogP contribution in [0.3, 0.4) is 0 Å². The van der Waals surface area contributed by atoms with Crippen molar-refractivity contribution in [3.05, 3.63) is 90.7 Å². The van der Waals surface area contributed by atoms with Crippen LogP contribution in [0.2, 0.25) is 10.0 Å². The number of nitrogens with zero attached hydrogens (tertiary/aromatic N) is 3. The van der Waals surface area contributed by atoms with Crippen molar-refractivity contribution in [1.29, 1.82) is 0 Å². The average Bonchev–Trinajstić information content (AvgIpc) is 2.64. The minimum Gasteiger partial charge on any atom is -0.409 e. The van der Waals surface area contributed by atoms with E-state index in [9.17, 15) is 14.8 Å². The zero-order chi connectivity index (χ0) is 19.6. The number of aromatic nitrogens is 3. The fourth-order valence-electron chi connectivity index (χ4n) is 2.64. The van der Waals surface area contributed by atoms with Gasteiger partial charge in [-0.15, -0.1) is 0 Å². The molecule has 0 fully saturated rings.